The minimum absolute atomic E-state index is 0.251. The van der Waals surface area contributed by atoms with Crippen LogP contribution in [0.5, 0.6) is 0 Å². The van der Waals surface area contributed by atoms with Crippen molar-refractivity contribution in [2.75, 3.05) is 18.4 Å². The van der Waals surface area contributed by atoms with Crippen LogP contribution in [-0.2, 0) is 0 Å². The summed E-state index contributed by atoms with van der Waals surface area (Å²) < 4.78 is 1.62. The van der Waals surface area contributed by atoms with Crippen LogP contribution in [-0.4, -0.2) is 35.8 Å². The van der Waals surface area contributed by atoms with Crippen molar-refractivity contribution < 1.29 is 14.4 Å². The van der Waals surface area contributed by atoms with E-state index in [4.69, 9.17) is 0 Å². The van der Waals surface area contributed by atoms with E-state index in [9.17, 15) is 14.4 Å². The molecule has 2 N–H and O–H groups in total. The lowest BCUT2D eigenvalue weighted by Gasteiger charge is -2.14. The number of carbonyl (C=O) groups excluding carboxylic acids is 3. The molecule has 3 rings (SSSR count). The first-order valence-corrected chi connectivity index (χ1v) is 9.50. The van der Waals surface area contributed by atoms with Crippen molar-refractivity contribution in [2.24, 2.45) is 0 Å². The predicted molar refractivity (Wildman–Crippen MR) is 105 cm³/mol. The van der Waals surface area contributed by atoms with Crippen molar-refractivity contribution in [3.63, 3.8) is 0 Å². The summed E-state index contributed by atoms with van der Waals surface area (Å²) >= 11 is 6.64. The molecular formula is C18H15Br2N3O3. The number of fused-ring (bicyclic) bond motifs is 1. The fourth-order valence-electron chi connectivity index (χ4n) is 2.65. The molecule has 1 aliphatic heterocycles. The summed E-state index contributed by atoms with van der Waals surface area (Å²) in [5.41, 5.74) is 1.49. The van der Waals surface area contributed by atoms with Gasteiger partial charge in [-0.25, -0.2) is 4.79 Å². The van der Waals surface area contributed by atoms with E-state index in [1.165, 1.54) is 4.90 Å². The van der Waals surface area contributed by atoms with Crippen molar-refractivity contribution in [2.45, 2.75) is 6.42 Å². The maximum Gasteiger partial charge on any atom is 0.319 e. The first-order valence-electron chi connectivity index (χ1n) is 7.92. The van der Waals surface area contributed by atoms with Crippen molar-refractivity contribution in [1.29, 1.82) is 0 Å². The first-order chi connectivity index (χ1) is 12.5. The summed E-state index contributed by atoms with van der Waals surface area (Å²) in [4.78, 5) is 37.7. The minimum atomic E-state index is -0.339. The summed E-state index contributed by atoms with van der Waals surface area (Å²) in [5, 5.41) is 5.43. The number of urea groups is 1. The third kappa shape index (κ3) is 4.13. The Morgan fingerprint density at radius 3 is 2.46 bits per heavy atom. The molecule has 0 fully saturated rings. The third-order valence-electron chi connectivity index (χ3n) is 3.86. The Bertz CT molecular complexity index is 886. The lowest BCUT2D eigenvalue weighted by molar-refractivity contribution is 0.0653. The zero-order chi connectivity index (χ0) is 18.7. The van der Waals surface area contributed by atoms with Gasteiger partial charge in [-0.15, -0.1) is 0 Å². The zero-order valence-electron chi connectivity index (χ0n) is 13.6. The van der Waals surface area contributed by atoms with Crippen LogP contribution in [0.15, 0.2) is 51.4 Å². The van der Waals surface area contributed by atoms with E-state index >= 15 is 0 Å². The van der Waals surface area contributed by atoms with Gasteiger partial charge < -0.3 is 10.6 Å². The van der Waals surface area contributed by atoms with Gasteiger partial charge in [-0.1, -0.05) is 37.9 Å². The van der Waals surface area contributed by atoms with E-state index < -0.39 is 0 Å². The van der Waals surface area contributed by atoms with Gasteiger partial charge in [0.2, 0.25) is 0 Å². The van der Waals surface area contributed by atoms with Gasteiger partial charge in [0.05, 0.1) is 11.1 Å². The zero-order valence-corrected chi connectivity index (χ0v) is 16.8. The lowest BCUT2D eigenvalue weighted by atomic mass is 10.1. The van der Waals surface area contributed by atoms with E-state index in [2.05, 4.69) is 42.5 Å². The van der Waals surface area contributed by atoms with Crippen molar-refractivity contribution in [1.82, 2.24) is 10.2 Å². The molecule has 0 spiro atoms. The molecular weight excluding hydrogens is 466 g/mol. The van der Waals surface area contributed by atoms with E-state index in [1.807, 2.05) is 12.1 Å². The summed E-state index contributed by atoms with van der Waals surface area (Å²) in [6, 6.07) is 11.9. The Kier molecular flexibility index (Phi) is 5.73. The molecule has 134 valence electrons. The average molecular weight is 481 g/mol. The number of nitrogens with zero attached hydrogens (tertiary/aromatic N) is 1. The second kappa shape index (κ2) is 8.01. The number of imide groups is 1. The van der Waals surface area contributed by atoms with Gasteiger partial charge in [-0.05, 0) is 42.8 Å². The molecule has 2 aromatic carbocycles. The highest BCUT2D eigenvalue weighted by Gasteiger charge is 2.34. The second-order valence-electron chi connectivity index (χ2n) is 5.70. The molecule has 0 aliphatic carbocycles. The molecule has 1 heterocycles. The van der Waals surface area contributed by atoms with Crippen LogP contribution < -0.4 is 10.6 Å². The molecule has 0 bridgehead atoms. The molecule has 4 amide bonds. The molecule has 0 unspecified atom stereocenters. The maximum atomic E-state index is 12.3. The average Bonchev–Trinajstić information content (AvgIpc) is 2.82. The number of hydrogen-bond donors (Lipinski definition) is 2. The molecule has 0 saturated carbocycles. The molecule has 6 nitrogen and oxygen atoms in total. The van der Waals surface area contributed by atoms with Crippen molar-refractivity contribution in [3.8, 4) is 0 Å². The normalized spacial score (nSPS) is 12.9. The van der Waals surface area contributed by atoms with Gasteiger partial charge in [0, 0.05) is 27.7 Å². The Labute approximate surface area is 167 Å². The molecule has 0 atom stereocenters. The maximum absolute atomic E-state index is 12.3. The van der Waals surface area contributed by atoms with Crippen LogP contribution in [0.2, 0.25) is 0 Å². The van der Waals surface area contributed by atoms with E-state index in [-0.39, 0.29) is 24.4 Å². The smallest absolute Gasteiger partial charge is 0.319 e. The Hall–Kier alpha value is -2.19. The standard InChI is InChI=1S/C18H15Br2N3O3/c19-11-3-1-4-13(9-11)22-18(26)21-7-2-8-23-16(24)14-6-5-12(20)10-15(14)17(23)25/h1,3-6,9-10H,2,7-8H2,(H2,21,22,26). The van der Waals surface area contributed by atoms with Gasteiger partial charge in [0.25, 0.3) is 11.8 Å². The van der Waals surface area contributed by atoms with Crippen LogP contribution in [0.1, 0.15) is 27.1 Å². The highest BCUT2D eigenvalue weighted by Crippen LogP contribution is 2.26. The first kappa shape index (κ1) is 18.6. The molecule has 2 aromatic rings. The predicted octanol–water partition coefficient (Wildman–Crippen LogP) is 4.02. The Morgan fingerprint density at radius 2 is 1.69 bits per heavy atom. The number of carbonyl (C=O) groups is 3. The number of rotatable bonds is 5. The van der Waals surface area contributed by atoms with Gasteiger partial charge in [0.1, 0.15) is 0 Å². The minimum Gasteiger partial charge on any atom is -0.338 e. The SMILES string of the molecule is O=C(NCCCN1C(=O)c2ccc(Br)cc2C1=O)Nc1cccc(Br)c1. The summed E-state index contributed by atoms with van der Waals surface area (Å²) in [7, 11) is 0. The number of amides is 4. The Morgan fingerprint density at radius 1 is 0.962 bits per heavy atom. The second-order valence-corrected chi connectivity index (χ2v) is 7.53. The van der Waals surface area contributed by atoms with Crippen molar-refractivity contribution in [3.05, 3.63) is 62.5 Å². The number of anilines is 1. The van der Waals surface area contributed by atoms with E-state index in [0.717, 1.165) is 8.95 Å². The number of nitrogens with one attached hydrogen (secondary N) is 2. The molecule has 8 heteroatoms. The fraction of sp³-hybridized carbons (Fsp3) is 0.167. The van der Waals surface area contributed by atoms with Gasteiger partial charge >= 0.3 is 6.03 Å². The van der Waals surface area contributed by atoms with Gasteiger partial charge in [-0.3, -0.25) is 14.5 Å². The summed E-state index contributed by atoms with van der Waals surface area (Å²) in [6.45, 7) is 0.595. The molecule has 0 radical (unpaired) electrons. The number of hydrogen-bond acceptors (Lipinski definition) is 3. The van der Waals surface area contributed by atoms with E-state index in [1.54, 1.807) is 30.3 Å². The van der Waals surface area contributed by atoms with Crippen LogP contribution in [0, 0.1) is 0 Å². The highest BCUT2D eigenvalue weighted by atomic mass is 79.9. The summed E-state index contributed by atoms with van der Waals surface area (Å²) in [6.07, 6.45) is 0.471. The summed E-state index contributed by atoms with van der Waals surface area (Å²) in [5.74, 6) is -0.596. The monoisotopic (exact) mass is 479 g/mol. The van der Waals surface area contributed by atoms with Crippen molar-refractivity contribution >= 4 is 55.4 Å². The van der Waals surface area contributed by atoms with Gasteiger partial charge in [-0.2, -0.15) is 0 Å². The van der Waals surface area contributed by atoms with Gasteiger partial charge in [0.15, 0.2) is 0 Å². The van der Waals surface area contributed by atoms with Crippen LogP contribution in [0.4, 0.5) is 10.5 Å². The molecule has 0 aromatic heterocycles. The van der Waals surface area contributed by atoms with Crippen LogP contribution in [0.25, 0.3) is 0 Å². The largest absolute Gasteiger partial charge is 0.338 e. The van der Waals surface area contributed by atoms with Crippen LogP contribution >= 0.6 is 31.9 Å². The number of halogens is 2. The van der Waals surface area contributed by atoms with E-state index in [0.29, 0.717) is 29.8 Å². The molecule has 26 heavy (non-hydrogen) atoms. The third-order valence-corrected chi connectivity index (χ3v) is 4.85. The Balaban J connectivity index is 1.48. The highest BCUT2D eigenvalue weighted by molar-refractivity contribution is 9.10. The lowest BCUT2D eigenvalue weighted by Crippen LogP contribution is -2.35. The number of benzene rings is 2. The quantitative estimate of drug-likeness (QED) is 0.501. The molecule has 1 aliphatic rings. The topological polar surface area (TPSA) is 78.5 Å². The van der Waals surface area contributed by atoms with Crippen LogP contribution in [0.3, 0.4) is 0 Å². The molecule has 0 saturated heterocycles. The fourth-order valence-corrected chi connectivity index (χ4v) is 3.41.